The molecule has 2 heterocycles. The van der Waals surface area contributed by atoms with Gasteiger partial charge in [0, 0.05) is 23.3 Å². The second kappa shape index (κ2) is 9.87. The SMILES string of the molecule is CCN(CC)CCCN1C(=O)C(=O)/C(=C(\O)c2ccc(Cl)cc2)[C@@H]1c1ccccn1. The Morgan fingerprint density at radius 3 is 2.43 bits per heavy atom. The van der Waals surface area contributed by atoms with Crippen molar-refractivity contribution in [3.63, 3.8) is 0 Å². The molecule has 0 unspecified atom stereocenters. The highest BCUT2D eigenvalue weighted by Crippen LogP contribution is 2.38. The van der Waals surface area contributed by atoms with Crippen LogP contribution in [-0.4, -0.2) is 57.8 Å². The minimum Gasteiger partial charge on any atom is -0.507 e. The molecule has 1 aliphatic heterocycles. The second-order valence-electron chi connectivity index (χ2n) is 7.13. The van der Waals surface area contributed by atoms with Gasteiger partial charge < -0.3 is 14.9 Å². The van der Waals surface area contributed by atoms with E-state index in [0.717, 1.165) is 26.1 Å². The number of nitrogens with zero attached hydrogens (tertiary/aromatic N) is 3. The quantitative estimate of drug-likeness (QED) is 0.393. The van der Waals surface area contributed by atoms with Crippen molar-refractivity contribution in [2.24, 2.45) is 0 Å². The predicted molar refractivity (Wildman–Crippen MR) is 117 cm³/mol. The van der Waals surface area contributed by atoms with Gasteiger partial charge in [0.25, 0.3) is 11.7 Å². The molecule has 0 bridgehead atoms. The number of Topliss-reactive ketones (excluding diaryl/α,β-unsaturated/α-hetero) is 1. The normalized spacial score (nSPS) is 18.4. The third-order valence-corrected chi connectivity index (χ3v) is 5.65. The summed E-state index contributed by atoms with van der Waals surface area (Å²) in [5.74, 6) is -1.52. The molecule has 3 rings (SSSR count). The first kappa shape index (κ1) is 22.0. The topological polar surface area (TPSA) is 73.7 Å². The number of carbonyl (C=O) groups is 2. The van der Waals surface area contributed by atoms with Crippen molar-refractivity contribution >= 4 is 29.1 Å². The van der Waals surface area contributed by atoms with Crippen molar-refractivity contribution in [3.8, 4) is 0 Å². The number of pyridine rings is 1. The van der Waals surface area contributed by atoms with Crippen molar-refractivity contribution in [2.45, 2.75) is 26.3 Å². The van der Waals surface area contributed by atoms with Gasteiger partial charge in [0.05, 0.1) is 11.3 Å². The van der Waals surface area contributed by atoms with Crippen LogP contribution in [0.4, 0.5) is 0 Å². The summed E-state index contributed by atoms with van der Waals surface area (Å²) in [6.45, 7) is 7.26. The maximum absolute atomic E-state index is 12.9. The summed E-state index contributed by atoms with van der Waals surface area (Å²) in [5.41, 5.74) is 1.04. The average Bonchev–Trinajstić information content (AvgIpc) is 3.02. The molecule has 6 nitrogen and oxygen atoms in total. The lowest BCUT2D eigenvalue weighted by atomic mass is 9.98. The zero-order chi connectivity index (χ0) is 21.7. The summed E-state index contributed by atoms with van der Waals surface area (Å²) in [4.78, 5) is 34.0. The molecule has 30 heavy (non-hydrogen) atoms. The number of amides is 1. The van der Waals surface area contributed by atoms with Gasteiger partial charge in [-0.2, -0.15) is 0 Å². The van der Waals surface area contributed by atoms with Crippen molar-refractivity contribution in [1.29, 1.82) is 0 Å². The lowest BCUT2D eigenvalue weighted by molar-refractivity contribution is -0.140. The molecule has 1 amide bonds. The molecule has 7 heteroatoms. The second-order valence-corrected chi connectivity index (χ2v) is 7.57. The van der Waals surface area contributed by atoms with Crippen LogP contribution in [0.1, 0.15) is 37.6 Å². The smallest absolute Gasteiger partial charge is 0.295 e. The first-order valence-electron chi connectivity index (χ1n) is 10.2. The molecular formula is C23H26ClN3O3. The number of hydrogen-bond acceptors (Lipinski definition) is 5. The van der Waals surface area contributed by atoms with Crippen LogP contribution in [0.15, 0.2) is 54.2 Å². The summed E-state index contributed by atoms with van der Waals surface area (Å²) in [6.07, 6.45) is 2.34. The van der Waals surface area contributed by atoms with Gasteiger partial charge in [-0.05, 0) is 62.5 Å². The molecule has 0 spiro atoms. The Hall–Kier alpha value is -2.70. The van der Waals surface area contributed by atoms with E-state index in [-0.39, 0.29) is 11.3 Å². The Labute approximate surface area is 181 Å². The Bertz CT molecular complexity index is 924. The van der Waals surface area contributed by atoms with Crippen molar-refractivity contribution in [2.75, 3.05) is 26.2 Å². The number of aliphatic hydroxyl groups is 1. The van der Waals surface area contributed by atoms with E-state index in [4.69, 9.17) is 11.6 Å². The van der Waals surface area contributed by atoms with Gasteiger partial charge >= 0.3 is 0 Å². The van der Waals surface area contributed by atoms with E-state index in [1.54, 1.807) is 48.7 Å². The van der Waals surface area contributed by atoms with E-state index < -0.39 is 17.7 Å². The Morgan fingerprint density at radius 1 is 1.13 bits per heavy atom. The number of rotatable bonds is 8. The average molecular weight is 428 g/mol. The molecule has 1 N–H and O–H groups in total. The van der Waals surface area contributed by atoms with Crippen LogP contribution in [0.2, 0.25) is 5.02 Å². The molecule has 1 aromatic heterocycles. The summed E-state index contributed by atoms with van der Waals surface area (Å²) in [7, 11) is 0. The van der Waals surface area contributed by atoms with Crippen LogP contribution >= 0.6 is 11.6 Å². The highest BCUT2D eigenvalue weighted by molar-refractivity contribution is 6.46. The summed E-state index contributed by atoms with van der Waals surface area (Å²) >= 11 is 5.94. The van der Waals surface area contributed by atoms with Crippen molar-refractivity contribution in [1.82, 2.24) is 14.8 Å². The van der Waals surface area contributed by atoms with Crippen LogP contribution in [-0.2, 0) is 9.59 Å². The fourth-order valence-electron chi connectivity index (χ4n) is 3.72. The molecule has 0 radical (unpaired) electrons. The molecule has 158 valence electrons. The van der Waals surface area contributed by atoms with Gasteiger partial charge in [0.1, 0.15) is 11.8 Å². The molecule has 0 aliphatic carbocycles. The zero-order valence-corrected chi connectivity index (χ0v) is 18.0. The third-order valence-electron chi connectivity index (χ3n) is 5.39. The van der Waals surface area contributed by atoms with Crippen LogP contribution in [0.25, 0.3) is 5.76 Å². The first-order chi connectivity index (χ1) is 14.5. The highest BCUT2D eigenvalue weighted by Gasteiger charge is 2.46. The molecule has 1 saturated heterocycles. The monoisotopic (exact) mass is 427 g/mol. The Morgan fingerprint density at radius 2 is 1.83 bits per heavy atom. The van der Waals surface area contributed by atoms with Gasteiger partial charge in [0.15, 0.2) is 0 Å². The van der Waals surface area contributed by atoms with E-state index in [9.17, 15) is 14.7 Å². The maximum atomic E-state index is 12.9. The molecule has 1 aromatic carbocycles. The van der Waals surface area contributed by atoms with E-state index in [1.165, 1.54) is 4.90 Å². The molecule has 2 aromatic rings. The van der Waals surface area contributed by atoms with E-state index in [1.807, 2.05) is 0 Å². The zero-order valence-electron chi connectivity index (χ0n) is 17.2. The molecular weight excluding hydrogens is 402 g/mol. The van der Waals surface area contributed by atoms with Crippen LogP contribution in [0.3, 0.4) is 0 Å². The highest BCUT2D eigenvalue weighted by atomic mass is 35.5. The van der Waals surface area contributed by atoms with Gasteiger partial charge in [-0.25, -0.2) is 0 Å². The lowest BCUT2D eigenvalue weighted by Crippen LogP contribution is -2.33. The minimum atomic E-state index is -0.724. The standard InChI is InChI=1S/C23H26ClN3O3/c1-3-26(4-2)14-7-15-27-20(18-8-5-6-13-25-18)19(22(29)23(27)30)21(28)16-9-11-17(24)12-10-16/h5-6,8-13,20,28H,3-4,7,14-15H2,1-2H3/b21-19-/t20-/m0/s1. The maximum Gasteiger partial charge on any atom is 0.295 e. The predicted octanol–water partition coefficient (Wildman–Crippen LogP) is 3.89. The fourth-order valence-corrected chi connectivity index (χ4v) is 3.85. The number of carbonyl (C=O) groups excluding carboxylic acids is 2. The van der Waals surface area contributed by atoms with Gasteiger partial charge in [-0.15, -0.1) is 0 Å². The number of hydrogen-bond donors (Lipinski definition) is 1. The summed E-state index contributed by atoms with van der Waals surface area (Å²) < 4.78 is 0. The van der Waals surface area contributed by atoms with Crippen LogP contribution in [0, 0.1) is 0 Å². The first-order valence-corrected chi connectivity index (χ1v) is 10.5. The lowest BCUT2D eigenvalue weighted by Gasteiger charge is -2.26. The Kier molecular flexibility index (Phi) is 7.24. The largest absolute Gasteiger partial charge is 0.507 e. The number of aliphatic hydroxyl groups excluding tert-OH is 1. The van der Waals surface area contributed by atoms with Gasteiger partial charge in [0.2, 0.25) is 0 Å². The Balaban J connectivity index is 1.99. The third kappa shape index (κ3) is 4.55. The van der Waals surface area contributed by atoms with Gasteiger partial charge in [-0.1, -0.05) is 31.5 Å². The molecule has 0 saturated carbocycles. The molecule has 1 atom stereocenters. The van der Waals surface area contributed by atoms with E-state index in [0.29, 0.717) is 22.8 Å². The molecule has 1 aliphatic rings. The van der Waals surface area contributed by atoms with Crippen molar-refractivity contribution in [3.05, 3.63) is 70.5 Å². The number of ketones is 1. The van der Waals surface area contributed by atoms with Crippen LogP contribution < -0.4 is 0 Å². The molecule has 1 fully saturated rings. The fraction of sp³-hybridized carbons (Fsp3) is 0.348. The number of benzene rings is 1. The summed E-state index contributed by atoms with van der Waals surface area (Å²) in [5, 5.41) is 11.5. The van der Waals surface area contributed by atoms with E-state index >= 15 is 0 Å². The van der Waals surface area contributed by atoms with E-state index in [2.05, 4.69) is 23.7 Å². The van der Waals surface area contributed by atoms with Gasteiger partial charge in [-0.3, -0.25) is 14.6 Å². The minimum absolute atomic E-state index is 0.0591. The number of aromatic nitrogens is 1. The number of likely N-dealkylation sites (tertiary alicyclic amines) is 1. The summed E-state index contributed by atoms with van der Waals surface area (Å²) in [6, 6.07) is 11.1. The number of halogens is 1. The van der Waals surface area contributed by atoms with Crippen molar-refractivity contribution < 1.29 is 14.7 Å². The van der Waals surface area contributed by atoms with Crippen LogP contribution in [0.5, 0.6) is 0 Å².